The Morgan fingerprint density at radius 2 is 1.69 bits per heavy atom. The number of ether oxygens (including phenoxy) is 2. The molecule has 90 valence electrons. The van der Waals surface area contributed by atoms with E-state index in [1.165, 1.54) is 5.56 Å². The van der Waals surface area contributed by atoms with Gasteiger partial charge in [-0.1, -0.05) is 0 Å². The average molecular weight is 224 g/mol. The van der Waals surface area contributed by atoms with Gasteiger partial charge in [-0.05, 0) is 31.5 Å². The van der Waals surface area contributed by atoms with E-state index in [9.17, 15) is 0 Å². The number of aromatic nitrogens is 1. The van der Waals surface area contributed by atoms with E-state index in [-0.39, 0.29) is 18.4 Å². The second kappa shape index (κ2) is 6.58. The fourth-order valence-corrected chi connectivity index (χ4v) is 1.73. The Kier molecular flexibility index (Phi) is 5.38. The molecule has 1 heterocycles. The standard InChI is InChI=1S/C12H20N2O2/c1-9(11-5-7-13-8-6-11)14-10(2)12(15-3)16-4/h5-10,12,14H,1-4H3/t9-,10?/m0/s1. The summed E-state index contributed by atoms with van der Waals surface area (Å²) in [7, 11) is 3.28. The fourth-order valence-electron chi connectivity index (χ4n) is 1.73. The van der Waals surface area contributed by atoms with Crippen molar-refractivity contribution in [3.63, 3.8) is 0 Å². The first-order chi connectivity index (χ1) is 7.69. The van der Waals surface area contributed by atoms with Crippen molar-refractivity contribution in [2.45, 2.75) is 32.2 Å². The minimum absolute atomic E-state index is 0.123. The first kappa shape index (κ1) is 13.1. The monoisotopic (exact) mass is 224 g/mol. The van der Waals surface area contributed by atoms with Crippen molar-refractivity contribution in [2.24, 2.45) is 0 Å². The third-order valence-electron chi connectivity index (χ3n) is 2.59. The summed E-state index contributed by atoms with van der Waals surface area (Å²) in [5.41, 5.74) is 1.20. The summed E-state index contributed by atoms with van der Waals surface area (Å²) in [6, 6.07) is 4.36. The lowest BCUT2D eigenvalue weighted by atomic mass is 10.1. The van der Waals surface area contributed by atoms with Crippen LogP contribution in [0.1, 0.15) is 25.5 Å². The van der Waals surface area contributed by atoms with Crippen molar-refractivity contribution in [3.8, 4) is 0 Å². The molecular formula is C12H20N2O2. The van der Waals surface area contributed by atoms with Gasteiger partial charge in [-0.15, -0.1) is 0 Å². The van der Waals surface area contributed by atoms with Crippen LogP contribution in [0.25, 0.3) is 0 Å². The van der Waals surface area contributed by atoms with Crippen LogP contribution in [0.15, 0.2) is 24.5 Å². The van der Waals surface area contributed by atoms with E-state index < -0.39 is 0 Å². The Morgan fingerprint density at radius 3 is 2.19 bits per heavy atom. The summed E-state index contributed by atoms with van der Waals surface area (Å²) in [5, 5.41) is 3.42. The molecule has 2 atom stereocenters. The molecule has 1 aromatic heterocycles. The lowest BCUT2D eigenvalue weighted by molar-refractivity contribution is -0.120. The van der Waals surface area contributed by atoms with E-state index in [1.54, 1.807) is 26.6 Å². The summed E-state index contributed by atoms with van der Waals surface area (Å²) < 4.78 is 10.4. The number of pyridine rings is 1. The maximum atomic E-state index is 5.20. The largest absolute Gasteiger partial charge is 0.354 e. The van der Waals surface area contributed by atoms with Gasteiger partial charge in [0.05, 0.1) is 6.04 Å². The number of methoxy groups -OCH3 is 2. The Morgan fingerprint density at radius 1 is 1.12 bits per heavy atom. The highest BCUT2D eigenvalue weighted by atomic mass is 16.7. The molecule has 1 unspecified atom stereocenters. The molecule has 0 aliphatic carbocycles. The molecule has 0 aliphatic heterocycles. The lowest BCUT2D eigenvalue weighted by Crippen LogP contribution is -2.40. The quantitative estimate of drug-likeness (QED) is 0.747. The number of rotatable bonds is 6. The number of nitrogens with zero attached hydrogens (tertiary/aromatic N) is 1. The summed E-state index contributed by atoms with van der Waals surface area (Å²) in [4.78, 5) is 4.00. The molecule has 0 aliphatic rings. The van der Waals surface area contributed by atoms with Crippen molar-refractivity contribution in [1.82, 2.24) is 10.3 Å². The van der Waals surface area contributed by atoms with Crippen LogP contribution in [-0.2, 0) is 9.47 Å². The van der Waals surface area contributed by atoms with E-state index in [1.807, 2.05) is 19.1 Å². The van der Waals surface area contributed by atoms with Gasteiger partial charge < -0.3 is 14.8 Å². The van der Waals surface area contributed by atoms with Gasteiger partial charge in [0.2, 0.25) is 0 Å². The average Bonchev–Trinajstić information content (AvgIpc) is 2.31. The highest BCUT2D eigenvalue weighted by Gasteiger charge is 2.18. The highest BCUT2D eigenvalue weighted by molar-refractivity contribution is 5.14. The normalized spacial score (nSPS) is 15.1. The molecule has 0 spiro atoms. The molecule has 4 heteroatoms. The van der Waals surface area contributed by atoms with Gasteiger partial charge in [-0.2, -0.15) is 0 Å². The van der Waals surface area contributed by atoms with E-state index >= 15 is 0 Å². The second-order valence-corrected chi connectivity index (χ2v) is 3.80. The second-order valence-electron chi connectivity index (χ2n) is 3.80. The Balaban J connectivity index is 2.54. The molecule has 16 heavy (non-hydrogen) atoms. The van der Waals surface area contributed by atoms with Crippen LogP contribution in [0.3, 0.4) is 0 Å². The zero-order chi connectivity index (χ0) is 12.0. The van der Waals surface area contributed by atoms with E-state index in [4.69, 9.17) is 9.47 Å². The molecule has 0 fully saturated rings. The van der Waals surface area contributed by atoms with Crippen LogP contribution in [0.4, 0.5) is 0 Å². The summed E-state index contributed by atoms with van der Waals surface area (Å²) in [5.74, 6) is 0. The summed E-state index contributed by atoms with van der Waals surface area (Å²) in [6.07, 6.45) is 3.36. The van der Waals surface area contributed by atoms with Crippen molar-refractivity contribution in [1.29, 1.82) is 0 Å². The predicted molar refractivity (Wildman–Crippen MR) is 63.1 cm³/mol. The molecule has 1 rings (SSSR count). The van der Waals surface area contributed by atoms with Gasteiger partial charge in [-0.3, -0.25) is 4.98 Å². The number of nitrogens with one attached hydrogen (secondary N) is 1. The molecule has 0 aromatic carbocycles. The van der Waals surface area contributed by atoms with Crippen LogP contribution in [-0.4, -0.2) is 31.5 Å². The smallest absolute Gasteiger partial charge is 0.171 e. The van der Waals surface area contributed by atoms with E-state index in [0.717, 1.165) is 0 Å². The molecule has 0 radical (unpaired) electrons. The molecule has 4 nitrogen and oxygen atoms in total. The van der Waals surface area contributed by atoms with Crippen molar-refractivity contribution in [2.75, 3.05) is 14.2 Å². The third kappa shape index (κ3) is 3.56. The van der Waals surface area contributed by atoms with Gasteiger partial charge in [0.1, 0.15) is 0 Å². The fraction of sp³-hybridized carbons (Fsp3) is 0.583. The molecule has 1 aromatic rings. The molecule has 0 saturated heterocycles. The van der Waals surface area contributed by atoms with Gasteiger partial charge in [-0.25, -0.2) is 0 Å². The van der Waals surface area contributed by atoms with Gasteiger partial charge in [0.15, 0.2) is 6.29 Å². The summed E-state index contributed by atoms with van der Waals surface area (Å²) >= 11 is 0. The van der Waals surface area contributed by atoms with E-state index in [2.05, 4.69) is 17.2 Å². The van der Waals surface area contributed by atoms with Crippen LogP contribution in [0.5, 0.6) is 0 Å². The minimum atomic E-state index is -0.232. The zero-order valence-corrected chi connectivity index (χ0v) is 10.3. The first-order valence-corrected chi connectivity index (χ1v) is 5.40. The number of hydrogen-bond acceptors (Lipinski definition) is 4. The van der Waals surface area contributed by atoms with Gasteiger partial charge in [0.25, 0.3) is 0 Å². The topological polar surface area (TPSA) is 43.4 Å². The molecule has 0 amide bonds. The Bertz CT molecular complexity index is 288. The van der Waals surface area contributed by atoms with Crippen LogP contribution < -0.4 is 5.32 Å². The van der Waals surface area contributed by atoms with Crippen LogP contribution in [0.2, 0.25) is 0 Å². The number of hydrogen-bond donors (Lipinski definition) is 1. The Hall–Kier alpha value is -0.970. The van der Waals surface area contributed by atoms with Crippen molar-refractivity contribution >= 4 is 0 Å². The van der Waals surface area contributed by atoms with Crippen molar-refractivity contribution < 1.29 is 9.47 Å². The predicted octanol–water partition coefficient (Wildman–Crippen LogP) is 1.74. The molecule has 0 saturated carbocycles. The zero-order valence-electron chi connectivity index (χ0n) is 10.3. The lowest BCUT2D eigenvalue weighted by Gasteiger charge is -2.25. The summed E-state index contributed by atoms with van der Waals surface area (Å²) in [6.45, 7) is 4.14. The maximum absolute atomic E-state index is 5.20. The van der Waals surface area contributed by atoms with Gasteiger partial charge in [0, 0.05) is 32.7 Å². The van der Waals surface area contributed by atoms with Crippen LogP contribution in [0, 0.1) is 0 Å². The third-order valence-corrected chi connectivity index (χ3v) is 2.59. The maximum Gasteiger partial charge on any atom is 0.171 e. The highest BCUT2D eigenvalue weighted by Crippen LogP contribution is 2.12. The van der Waals surface area contributed by atoms with Gasteiger partial charge >= 0.3 is 0 Å². The minimum Gasteiger partial charge on any atom is -0.354 e. The first-order valence-electron chi connectivity index (χ1n) is 5.40. The van der Waals surface area contributed by atoms with Crippen molar-refractivity contribution in [3.05, 3.63) is 30.1 Å². The molecule has 0 bridgehead atoms. The molecule has 1 N–H and O–H groups in total. The van der Waals surface area contributed by atoms with Crippen LogP contribution >= 0.6 is 0 Å². The SMILES string of the molecule is COC(OC)C(C)N[C@@H](C)c1ccncc1. The molecular weight excluding hydrogens is 204 g/mol. The van der Waals surface area contributed by atoms with E-state index in [0.29, 0.717) is 0 Å². The Labute approximate surface area is 97.0 Å².